The van der Waals surface area contributed by atoms with Crippen LogP contribution in [0.4, 0.5) is 5.69 Å². The molecule has 0 fully saturated rings. The molecule has 1 aromatic heterocycles. The quantitative estimate of drug-likeness (QED) is 0.721. The second-order valence-electron chi connectivity index (χ2n) is 5.36. The first-order valence-corrected chi connectivity index (χ1v) is 7.61. The molecule has 0 saturated carbocycles. The highest BCUT2D eigenvalue weighted by Crippen LogP contribution is 2.17. The molecule has 3 aromatic rings. The third kappa shape index (κ3) is 3.27. The lowest BCUT2D eigenvalue weighted by atomic mass is 10.2. The van der Waals surface area contributed by atoms with Crippen LogP contribution in [0.15, 0.2) is 58.3 Å². The number of aliphatic imine (C=N–C) groups is 1. The van der Waals surface area contributed by atoms with Gasteiger partial charge in [0.2, 0.25) is 0 Å². The van der Waals surface area contributed by atoms with E-state index >= 15 is 0 Å². The number of nitrogens with zero attached hydrogens (tertiary/aromatic N) is 2. The minimum absolute atomic E-state index is 0.128. The van der Waals surface area contributed by atoms with Crippen molar-refractivity contribution in [3.63, 3.8) is 0 Å². The highest BCUT2D eigenvalue weighted by atomic mass is 35.5. The van der Waals surface area contributed by atoms with Crippen molar-refractivity contribution in [3.05, 3.63) is 80.7 Å². The van der Waals surface area contributed by atoms with Crippen molar-refractivity contribution in [1.29, 1.82) is 0 Å². The van der Waals surface area contributed by atoms with E-state index in [1.54, 1.807) is 18.3 Å². The summed E-state index contributed by atoms with van der Waals surface area (Å²) in [4.78, 5) is 16.9. The number of hydrogen-bond acceptors (Lipinski definition) is 2. The molecule has 23 heavy (non-hydrogen) atoms. The molecule has 1 heterocycles. The highest BCUT2D eigenvalue weighted by molar-refractivity contribution is 6.30. The Kier molecular flexibility index (Phi) is 4.17. The summed E-state index contributed by atoms with van der Waals surface area (Å²) in [6.45, 7) is 3.86. The van der Waals surface area contributed by atoms with Crippen LogP contribution in [0.25, 0.3) is 5.69 Å². The minimum Gasteiger partial charge on any atom is -0.295 e. The van der Waals surface area contributed by atoms with Gasteiger partial charge in [-0.15, -0.1) is 0 Å². The van der Waals surface area contributed by atoms with Gasteiger partial charge < -0.3 is 0 Å². The van der Waals surface area contributed by atoms with E-state index in [-0.39, 0.29) is 5.56 Å². The third-order valence-electron chi connectivity index (χ3n) is 3.56. The summed E-state index contributed by atoms with van der Waals surface area (Å²) in [5.41, 5.74) is 3.82. The topological polar surface area (TPSA) is 50.1 Å². The molecule has 0 aliphatic heterocycles. The lowest BCUT2D eigenvalue weighted by Gasteiger charge is -2.01. The molecule has 0 unspecified atom stereocenters. The van der Waals surface area contributed by atoms with Gasteiger partial charge in [-0.05, 0) is 44.2 Å². The summed E-state index contributed by atoms with van der Waals surface area (Å²) >= 11 is 5.94. The molecule has 0 radical (unpaired) electrons. The van der Waals surface area contributed by atoms with Gasteiger partial charge in [-0.2, -0.15) is 0 Å². The molecule has 0 bridgehead atoms. The van der Waals surface area contributed by atoms with Crippen LogP contribution in [0.3, 0.4) is 0 Å². The van der Waals surface area contributed by atoms with E-state index in [4.69, 9.17) is 11.6 Å². The molecule has 0 atom stereocenters. The maximum atomic E-state index is 12.6. The number of hydrogen-bond donors (Lipinski definition) is 1. The number of rotatable bonds is 3. The smallest absolute Gasteiger partial charge is 0.280 e. The van der Waals surface area contributed by atoms with Crippen LogP contribution in [-0.4, -0.2) is 16.0 Å². The van der Waals surface area contributed by atoms with Gasteiger partial charge in [-0.25, -0.2) is 4.68 Å². The molecular formula is C18H16ClN3O. The zero-order chi connectivity index (χ0) is 16.4. The number of aromatic amines is 1. The first kappa shape index (κ1) is 15.3. The number of aryl methyl sites for hydroxylation is 2. The van der Waals surface area contributed by atoms with E-state index in [1.807, 2.05) is 50.2 Å². The maximum absolute atomic E-state index is 12.6. The van der Waals surface area contributed by atoms with Crippen LogP contribution in [0.1, 0.15) is 16.8 Å². The lowest BCUT2D eigenvalue weighted by Crippen LogP contribution is -2.17. The van der Waals surface area contributed by atoms with Gasteiger partial charge >= 0.3 is 0 Å². The summed E-state index contributed by atoms with van der Waals surface area (Å²) in [6.07, 6.45) is 1.57. The number of nitrogens with one attached hydrogen (secondary N) is 1. The fourth-order valence-corrected chi connectivity index (χ4v) is 2.47. The first-order valence-electron chi connectivity index (χ1n) is 7.23. The predicted molar refractivity (Wildman–Crippen MR) is 94.6 cm³/mol. The van der Waals surface area contributed by atoms with E-state index in [2.05, 4.69) is 10.1 Å². The van der Waals surface area contributed by atoms with Crippen LogP contribution in [0.2, 0.25) is 5.02 Å². The molecule has 0 amide bonds. The van der Waals surface area contributed by atoms with Crippen molar-refractivity contribution >= 4 is 23.5 Å². The van der Waals surface area contributed by atoms with Crippen molar-refractivity contribution < 1.29 is 0 Å². The zero-order valence-electron chi connectivity index (χ0n) is 12.9. The number of H-pyrrole nitrogens is 1. The van der Waals surface area contributed by atoms with Gasteiger partial charge in [0.25, 0.3) is 5.56 Å². The lowest BCUT2D eigenvalue weighted by molar-refractivity contribution is 0.835. The van der Waals surface area contributed by atoms with Crippen LogP contribution in [-0.2, 0) is 0 Å². The fraction of sp³-hybridized carbons (Fsp3) is 0.111. The molecule has 3 rings (SSSR count). The molecule has 5 heteroatoms. The number of halogens is 1. The van der Waals surface area contributed by atoms with Crippen molar-refractivity contribution in [2.75, 3.05) is 0 Å². The number of aromatic nitrogens is 2. The van der Waals surface area contributed by atoms with E-state index in [0.29, 0.717) is 16.3 Å². The average Bonchev–Trinajstić information content (AvgIpc) is 2.81. The second kappa shape index (κ2) is 6.26. The fourth-order valence-electron chi connectivity index (χ4n) is 2.28. The Labute approximate surface area is 139 Å². The SMILES string of the molecule is Cc1ccc(-n2[nH]c(C)c(C=Nc3cccc(Cl)c3)c2=O)cc1. The zero-order valence-corrected chi connectivity index (χ0v) is 13.6. The van der Waals surface area contributed by atoms with E-state index < -0.39 is 0 Å². The number of benzene rings is 2. The van der Waals surface area contributed by atoms with Gasteiger partial charge in [0.1, 0.15) is 0 Å². The molecule has 1 N–H and O–H groups in total. The van der Waals surface area contributed by atoms with E-state index in [1.165, 1.54) is 4.68 Å². The molecule has 0 spiro atoms. The molecule has 2 aromatic carbocycles. The summed E-state index contributed by atoms with van der Waals surface area (Å²) in [7, 11) is 0. The molecule has 0 aliphatic rings. The van der Waals surface area contributed by atoms with Crippen LogP contribution in [0.5, 0.6) is 0 Å². The summed E-state index contributed by atoms with van der Waals surface area (Å²) < 4.78 is 1.52. The van der Waals surface area contributed by atoms with Crippen LogP contribution in [0, 0.1) is 13.8 Å². The van der Waals surface area contributed by atoms with Gasteiger partial charge in [-0.1, -0.05) is 35.4 Å². The molecule has 0 saturated heterocycles. The van der Waals surface area contributed by atoms with E-state index in [9.17, 15) is 4.79 Å². The summed E-state index contributed by atoms with van der Waals surface area (Å²) in [6, 6.07) is 14.9. The average molecular weight is 326 g/mol. The van der Waals surface area contributed by atoms with Crippen molar-refractivity contribution in [2.24, 2.45) is 4.99 Å². The Bertz CT molecular complexity index is 920. The van der Waals surface area contributed by atoms with Crippen molar-refractivity contribution in [1.82, 2.24) is 9.78 Å². The van der Waals surface area contributed by atoms with Gasteiger partial charge in [0, 0.05) is 16.9 Å². The van der Waals surface area contributed by atoms with Gasteiger partial charge in [0.15, 0.2) is 0 Å². The molecule has 0 aliphatic carbocycles. The predicted octanol–water partition coefficient (Wildman–Crippen LogP) is 4.19. The third-order valence-corrected chi connectivity index (χ3v) is 3.80. The standard InChI is InChI=1S/C18H16ClN3O/c1-12-6-8-16(9-7-12)22-18(23)17(13(2)21-22)11-20-15-5-3-4-14(19)10-15/h3-11,21H,1-2H3. The Hall–Kier alpha value is -2.59. The first-order chi connectivity index (χ1) is 11.0. The second-order valence-corrected chi connectivity index (χ2v) is 5.80. The monoisotopic (exact) mass is 325 g/mol. The van der Waals surface area contributed by atoms with Crippen LogP contribution < -0.4 is 5.56 Å². The molecule has 4 nitrogen and oxygen atoms in total. The minimum atomic E-state index is -0.128. The molecule has 116 valence electrons. The molecular weight excluding hydrogens is 310 g/mol. The Morgan fingerprint density at radius 1 is 1.13 bits per heavy atom. The Morgan fingerprint density at radius 2 is 1.87 bits per heavy atom. The summed E-state index contributed by atoms with van der Waals surface area (Å²) in [5.74, 6) is 0. The van der Waals surface area contributed by atoms with Crippen molar-refractivity contribution in [2.45, 2.75) is 13.8 Å². The van der Waals surface area contributed by atoms with Crippen molar-refractivity contribution in [3.8, 4) is 5.69 Å². The normalized spacial score (nSPS) is 11.3. The Balaban J connectivity index is 1.98. The van der Waals surface area contributed by atoms with Gasteiger partial charge in [-0.3, -0.25) is 14.9 Å². The van der Waals surface area contributed by atoms with E-state index in [0.717, 1.165) is 16.9 Å². The largest absolute Gasteiger partial charge is 0.295 e. The van der Waals surface area contributed by atoms with Crippen LogP contribution >= 0.6 is 11.6 Å². The Morgan fingerprint density at radius 3 is 2.57 bits per heavy atom. The summed E-state index contributed by atoms with van der Waals surface area (Å²) in [5, 5.41) is 3.70. The van der Waals surface area contributed by atoms with Gasteiger partial charge in [0.05, 0.1) is 16.9 Å². The highest BCUT2D eigenvalue weighted by Gasteiger charge is 2.10. The maximum Gasteiger partial charge on any atom is 0.280 e.